The number of nitrogens with one attached hydrogen (secondary N) is 1. The Hall–Kier alpha value is -0.680. The van der Waals surface area contributed by atoms with Crippen LogP contribution in [0.2, 0.25) is 0 Å². The van der Waals surface area contributed by atoms with Crippen LogP contribution in [0.3, 0.4) is 0 Å². The van der Waals surface area contributed by atoms with Gasteiger partial charge in [0.05, 0.1) is 5.56 Å². The Balaban J connectivity index is 2.44. The van der Waals surface area contributed by atoms with Crippen LogP contribution in [0, 0.1) is 0 Å². The fraction of sp³-hybridized carbons (Fsp3) is 0.500. The quantitative estimate of drug-likeness (QED) is 0.788. The molecule has 0 aliphatic carbocycles. The lowest BCUT2D eigenvalue weighted by Gasteiger charge is -2.09. The molecule has 0 aliphatic heterocycles. The lowest BCUT2D eigenvalue weighted by atomic mass is 10.1. The van der Waals surface area contributed by atoms with Crippen molar-refractivity contribution >= 4 is 11.8 Å². The van der Waals surface area contributed by atoms with Crippen molar-refractivity contribution in [3.63, 3.8) is 0 Å². The van der Waals surface area contributed by atoms with Crippen molar-refractivity contribution in [3.8, 4) is 0 Å². The Labute approximate surface area is 104 Å². The van der Waals surface area contributed by atoms with Crippen LogP contribution in [0.25, 0.3) is 0 Å². The Morgan fingerprint density at radius 3 is 2.71 bits per heavy atom. The van der Waals surface area contributed by atoms with Crippen LogP contribution in [0.1, 0.15) is 17.5 Å². The highest BCUT2D eigenvalue weighted by molar-refractivity contribution is 7.98. The Kier molecular flexibility index (Phi) is 5.85. The molecule has 1 aromatic carbocycles. The lowest BCUT2D eigenvalue weighted by molar-refractivity contribution is -0.137. The third kappa shape index (κ3) is 5.46. The summed E-state index contributed by atoms with van der Waals surface area (Å²) in [6, 6.07) is 5.44. The maximum absolute atomic E-state index is 12.4. The van der Waals surface area contributed by atoms with Gasteiger partial charge in [0, 0.05) is 6.54 Å². The SMILES string of the molecule is CSCCCNCc1cccc(C(F)(F)F)c1. The highest BCUT2D eigenvalue weighted by Gasteiger charge is 2.30. The first-order valence-corrected chi connectivity index (χ1v) is 6.79. The predicted octanol–water partition coefficient (Wildman–Crippen LogP) is 3.55. The van der Waals surface area contributed by atoms with E-state index in [0.29, 0.717) is 12.1 Å². The molecule has 1 rings (SSSR count). The predicted molar refractivity (Wildman–Crippen MR) is 66.1 cm³/mol. The Morgan fingerprint density at radius 1 is 1.29 bits per heavy atom. The molecule has 0 heterocycles. The highest BCUT2D eigenvalue weighted by Crippen LogP contribution is 2.29. The van der Waals surface area contributed by atoms with Gasteiger partial charge in [-0.05, 0) is 36.6 Å². The molecule has 17 heavy (non-hydrogen) atoms. The number of hydrogen-bond acceptors (Lipinski definition) is 2. The first-order chi connectivity index (χ1) is 8.04. The molecule has 0 atom stereocenters. The van der Waals surface area contributed by atoms with Crippen molar-refractivity contribution < 1.29 is 13.2 Å². The van der Waals surface area contributed by atoms with Crippen LogP contribution in [0.5, 0.6) is 0 Å². The summed E-state index contributed by atoms with van der Waals surface area (Å²) in [5.41, 5.74) is 0.0879. The second kappa shape index (κ2) is 6.91. The molecular weight excluding hydrogens is 247 g/mol. The van der Waals surface area contributed by atoms with E-state index in [2.05, 4.69) is 5.32 Å². The Morgan fingerprint density at radius 2 is 2.06 bits per heavy atom. The molecule has 0 spiro atoms. The van der Waals surface area contributed by atoms with Crippen LogP contribution < -0.4 is 5.32 Å². The van der Waals surface area contributed by atoms with Crippen LogP contribution in [-0.2, 0) is 12.7 Å². The minimum Gasteiger partial charge on any atom is -0.313 e. The normalized spacial score (nSPS) is 11.8. The van der Waals surface area contributed by atoms with Gasteiger partial charge in [0.2, 0.25) is 0 Å². The van der Waals surface area contributed by atoms with Crippen LogP contribution in [-0.4, -0.2) is 18.6 Å². The van der Waals surface area contributed by atoms with Gasteiger partial charge in [-0.3, -0.25) is 0 Å². The topological polar surface area (TPSA) is 12.0 Å². The molecule has 0 saturated heterocycles. The van der Waals surface area contributed by atoms with E-state index in [1.165, 1.54) is 12.1 Å². The van der Waals surface area contributed by atoms with Gasteiger partial charge in [0.1, 0.15) is 0 Å². The van der Waals surface area contributed by atoms with Gasteiger partial charge >= 0.3 is 6.18 Å². The smallest absolute Gasteiger partial charge is 0.313 e. The Bertz CT molecular complexity index is 339. The maximum atomic E-state index is 12.4. The molecule has 1 nitrogen and oxygen atoms in total. The van der Waals surface area contributed by atoms with E-state index >= 15 is 0 Å². The molecule has 0 aliphatic rings. The fourth-order valence-corrected chi connectivity index (χ4v) is 1.86. The molecule has 0 unspecified atom stereocenters. The summed E-state index contributed by atoms with van der Waals surface area (Å²) in [6.45, 7) is 1.31. The molecule has 5 heteroatoms. The average molecular weight is 263 g/mol. The monoisotopic (exact) mass is 263 g/mol. The number of alkyl halides is 3. The zero-order chi connectivity index (χ0) is 12.7. The van der Waals surface area contributed by atoms with E-state index in [1.807, 2.05) is 6.26 Å². The zero-order valence-electron chi connectivity index (χ0n) is 9.68. The summed E-state index contributed by atoms with van der Waals surface area (Å²) in [5.74, 6) is 1.07. The van der Waals surface area contributed by atoms with Crippen LogP contribution in [0.15, 0.2) is 24.3 Å². The third-order valence-corrected chi connectivity index (χ3v) is 2.98. The molecular formula is C12H16F3NS. The number of rotatable bonds is 6. The van der Waals surface area contributed by atoms with Crippen molar-refractivity contribution in [2.24, 2.45) is 0 Å². The van der Waals surface area contributed by atoms with Gasteiger partial charge in [-0.25, -0.2) is 0 Å². The number of thioether (sulfide) groups is 1. The van der Waals surface area contributed by atoms with E-state index < -0.39 is 11.7 Å². The molecule has 0 fully saturated rings. The second-order valence-corrected chi connectivity index (χ2v) is 4.71. The molecule has 0 bridgehead atoms. The summed E-state index contributed by atoms with van der Waals surface area (Å²) in [7, 11) is 0. The van der Waals surface area contributed by atoms with E-state index in [1.54, 1.807) is 17.8 Å². The molecule has 0 saturated carbocycles. The van der Waals surface area contributed by atoms with Crippen LogP contribution in [0.4, 0.5) is 13.2 Å². The molecule has 0 aromatic heterocycles. The van der Waals surface area contributed by atoms with Crippen molar-refractivity contribution in [1.82, 2.24) is 5.32 Å². The summed E-state index contributed by atoms with van der Waals surface area (Å²) in [6.07, 6.45) is -1.19. The summed E-state index contributed by atoms with van der Waals surface area (Å²) in [4.78, 5) is 0. The van der Waals surface area contributed by atoms with Crippen molar-refractivity contribution in [3.05, 3.63) is 35.4 Å². The highest BCUT2D eigenvalue weighted by atomic mass is 32.2. The number of benzene rings is 1. The molecule has 96 valence electrons. The van der Waals surface area contributed by atoms with E-state index in [0.717, 1.165) is 24.8 Å². The molecule has 1 aromatic rings. The standard InChI is InChI=1S/C12H16F3NS/c1-17-7-3-6-16-9-10-4-2-5-11(8-10)12(13,14)15/h2,4-5,8,16H,3,6-7,9H2,1H3. The summed E-state index contributed by atoms with van der Waals surface area (Å²) < 4.78 is 37.3. The molecule has 0 radical (unpaired) electrons. The van der Waals surface area contributed by atoms with Gasteiger partial charge in [-0.1, -0.05) is 18.2 Å². The van der Waals surface area contributed by atoms with E-state index in [-0.39, 0.29) is 0 Å². The van der Waals surface area contributed by atoms with Gasteiger partial charge in [0.25, 0.3) is 0 Å². The first kappa shape index (κ1) is 14.4. The molecule has 0 amide bonds. The largest absolute Gasteiger partial charge is 0.416 e. The first-order valence-electron chi connectivity index (χ1n) is 5.40. The molecule has 1 N–H and O–H groups in total. The van der Waals surface area contributed by atoms with E-state index in [9.17, 15) is 13.2 Å². The van der Waals surface area contributed by atoms with Crippen molar-refractivity contribution in [2.75, 3.05) is 18.6 Å². The van der Waals surface area contributed by atoms with Gasteiger partial charge < -0.3 is 5.32 Å². The van der Waals surface area contributed by atoms with Crippen molar-refractivity contribution in [2.45, 2.75) is 19.1 Å². The number of hydrogen-bond donors (Lipinski definition) is 1. The zero-order valence-corrected chi connectivity index (χ0v) is 10.5. The summed E-state index contributed by atoms with van der Waals surface area (Å²) >= 11 is 1.76. The van der Waals surface area contributed by atoms with Gasteiger partial charge in [-0.2, -0.15) is 24.9 Å². The minimum atomic E-state index is -4.26. The fourth-order valence-electron chi connectivity index (χ4n) is 1.43. The number of halogens is 3. The second-order valence-electron chi connectivity index (χ2n) is 3.72. The van der Waals surface area contributed by atoms with Gasteiger partial charge in [-0.15, -0.1) is 0 Å². The van der Waals surface area contributed by atoms with Gasteiger partial charge in [0.15, 0.2) is 0 Å². The third-order valence-electron chi connectivity index (χ3n) is 2.29. The van der Waals surface area contributed by atoms with Crippen molar-refractivity contribution in [1.29, 1.82) is 0 Å². The lowest BCUT2D eigenvalue weighted by Crippen LogP contribution is -2.16. The summed E-state index contributed by atoms with van der Waals surface area (Å²) in [5, 5.41) is 3.13. The minimum absolute atomic E-state index is 0.484. The average Bonchev–Trinajstić information content (AvgIpc) is 2.28. The van der Waals surface area contributed by atoms with E-state index in [4.69, 9.17) is 0 Å². The van der Waals surface area contributed by atoms with Crippen LogP contribution >= 0.6 is 11.8 Å². The maximum Gasteiger partial charge on any atom is 0.416 e.